The van der Waals surface area contributed by atoms with Gasteiger partial charge in [0, 0.05) is 27.7 Å². The van der Waals surface area contributed by atoms with Crippen LogP contribution >= 0.6 is 0 Å². The fourth-order valence-corrected chi connectivity index (χ4v) is 2.14. The zero-order chi connectivity index (χ0) is 17.4. The van der Waals surface area contributed by atoms with Crippen molar-refractivity contribution in [3.05, 3.63) is 53.7 Å². The van der Waals surface area contributed by atoms with Crippen LogP contribution < -0.4 is 20.3 Å². The average Bonchev–Trinajstić information content (AvgIpc) is 2.62. The van der Waals surface area contributed by atoms with Gasteiger partial charge in [-0.3, -0.25) is 4.99 Å². The fraction of sp³-hybridized carbons (Fsp3) is 0.333. The first-order chi connectivity index (χ1) is 11.6. The Bertz CT molecular complexity index is 667. The maximum atomic E-state index is 5.16. The molecule has 0 aliphatic rings. The summed E-state index contributed by atoms with van der Waals surface area (Å²) in [6.45, 7) is 1.30. The van der Waals surface area contributed by atoms with Crippen LogP contribution in [0, 0.1) is 0 Å². The van der Waals surface area contributed by atoms with Gasteiger partial charge in [-0.25, -0.2) is 4.98 Å². The molecule has 0 radical (unpaired) electrons. The summed E-state index contributed by atoms with van der Waals surface area (Å²) in [5, 5.41) is 6.57. The molecular formula is C18H25N5O. The van der Waals surface area contributed by atoms with Gasteiger partial charge in [-0.2, -0.15) is 0 Å². The number of guanidine groups is 1. The highest BCUT2D eigenvalue weighted by Crippen LogP contribution is 2.11. The summed E-state index contributed by atoms with van der Waals surface area (Å²) in [7, 11) is 7.38. The predicted octanol–water partition coefficient (Wildman–Crippen LogP) is 2.02. The Balaban J connectivity index is 1.87. The van der Waals surface area contributed by atoms with Gasteiger partial charge in [0.1, 0.15) is 11.6 Å². The van der Waals surface area contributed by atoms with Gasteiger partial charge in [-0.15, -0.1) is 0 Å². The molecule has 0 saturated heterocycles. The Morgan fingerprint density at radius 1 is 1.08 bits per heavy atom. The molecule has 0 fully saturated rings. The van der Waals surface area contributed by atoms with Crippen molar-refractivity contribution < 1.29 is 4.74 Å². The van der Waals surface area contributed by atoms with Crippen molar-refractivity contribution in [3.8, 4) is 5.75 Å². The number of anilines is 1. The normalized spacial score (nSPS) is 11.1. The first-order valence-corrected chi connectivity index (χ1v) is 7.83. The molecule has 0 saturated carbocycles. The van der Waals surface area contributed by atoms with E-state index in [0.717, 1.165) is 28.8 Å². The lowest BCUT2D eigenvalue weighted by atomic mass is 10.2. The Labute approximate surface area is 143 Å². The molecular weight excluding hydrogens is 302 g/mol. The Morgan fingerprint density at radius 2 is 1.79 bits per heavy atom. The van der Waals surface area contributed by atoms with Crippen LogP contribution in [0.15, 0.2) is 47.5 Å². The number of nitrogens with zero attached hydrogens (tertiary/aromatic N) is 3. The van der Waals surface area contributed by atoms with Crippen LogP contribution in [0.1, 0.15) is 11.3 Å². The molecule has 0 aliphatic heterocycles. The number of rotatable bonds is 6. The second-order valence-corrected chi connectivity index (χ2v) is 5.51. The standard InChI is InChI=1S/C18H25N5O/c1-19-18(20-12-14-8-10-16(24-4)11-9-14)21-13-15-6-5-7-17(22-15)23(2)3/h5-11H,12-13H2,1-4H3,(H2,19,20,21). The number of aliphatic imine (C=N–C) groups is 1. The molecule has 2 N–H and O–H groups in total. The van der Waals surface area contributed by atoms with Crippen molar-refractivity contribution in [2.24, 2.45) is 4.99 Å². The summed E-state index contributed by atoms with van der Waals surface area (Å²) in [5.41, 5.74) is 2.13. The number of benzene rings is 1. The predicted molar refractivity (Wildman–Crippen MR) is 98.6 cm³/mol. The molecule has 6 heteroatoms. The van der Waals surface area contributed by atoms with Crippen molar-refractivity contribution in [3.63, 3.8) is 0 Å². The average molecular weight is 327 g/mol. The fourth-order valence-electron chi connectivity index (χ4n) is 2.14. The molecule has 0 unspecified atom stereocenters. The van der Waals surface area contributed by atoms with Gasteiger partial charge in [0.15, 0.2) is 5.96 Å². The monoisotopic (exact) mass is 327 g/mol. The molecule has 0 amide bonds. The van der Waals surface area contributed by atoms with E-state index in [1.54, 1.807) is 14.2 Å². The maximum Gasteiger partial charge on any atom is 0.191 e. The zero-order valence-corrected chi connectivity index (χ0v) is 14.7. The van der Waals surface area contributed by atoms with Crippen LogP contribution in [-0.4, -0.2) is 39.2 Å². The lowest BCUT2D eigenvalue weighted by molar-refractivity contribution is 0.414. The minimum Gasteiger partial charge on any atom is -0.497 e. The molecule has 0 atom stereocenters. The van der Waals surface area contributed by atoms with E-state index in [2.05, 4.69) is 20.6 Å². The number of nitrogens with one attached hydrogen (secondary N) is 2. The molecule has 0 bridgehead atoms. The molecule has 0 spiro atoms. The number of pyridine rings is 1. The Morgan fingerprint density at radius 3 is 2.42 bits per heavy atom. The van der Waals surface area contributed by atoms with E-state index in [1.807, 2.05) is 61.5 Å². The molecule has 1 aromatic heterocycles. The minimum absolute atomic E-state index is 0.615. The zero-order valence-electron chi connectivity index (χ0n) is 14.7. The molecule has 1 heterocycles. The van der Waals surface area contributed by atoms with E-state index < -0.39 is 0 Å². The molecule has 2 rings (SSSR count). The summed E-state index contributed by atoms with van der Waals surface area (Å²) in [5.74, 6) is 2.53. The summed E-state index contributed by atoms with van der Waals surface area (Å²) in [6, 6.07) is 13.9. The lowest BCUT2D eigenvalue weighted by Crippen LogP contribution is -2.36. The van der Waals surface area contributed by atoms with Crippen molar-refractivity contribution in [2.75, 3.05) is 33.2 Å². The third-order valence-corrected chi connectivity index (χ3v) is 3.53. The highest BCUT2D eigenvalue weighted by molar-refractivity contribution is 5.79. The number of hydrogen-bond acceptors (Lipinski definition) is 4. The van der Waals surface area contributed by atoms with E-state index in [9.17, 15) is 0 Å². The van der Waals surface area contributed by atoms with Gasteiger partial charge < -0.3 is 20.3 Å². The second kappa shape index (κ2) is 8.76. The smallest absolute Gasteiger partial charge is 0.191 e. The number of aromatic nitrogens is 1. The van der Waals surface area contributed by atoms with E-state index in [0.29, 0.717) is 13.1 Å². The van der Waals surface area contributed by atoms with Crippen molar-refractivity contribution in [2.45, 2.75) is 13.1 Å². The quantitative estimate of drug-likeness (QED) is 0.628. The van der Waals surface area contributed by atoms with E-state index in [4.69, 9.17) is 4.74 Å². The third-order valence-electron chi connectivity index (χ3n) is 3.53. The molecule has 1 aromatic carbocycles. The van der Waals surface area contributed by atoms with Gasteiger partial charge in [0.05, 0.1) is 19.3 Å². The molecule has 6 nitrogen and oxygen atoms in total. The van der Waals surface area contributed by atoms with Crippen LogP contribution in [0.5, 0.6) is 5.75 Å². The Kier molecular flexibility index (Phi) is 6.42. The molecule has 2 aromatic rings. The van der Waals surface area contributed by atoms with Crippen LogP contribution in [-0.2, 0) is 13.1 Å². The minimum atomic E-state index is 0.615. The van der Waals surface area contributed by atoms with Crippen LogP contribution in [0.3, 0.4) is 0 Å². The third kappa shape index (κ3) is 5.15. The molecule has 128 valence electrons. The number of hydrogen-bond donors (Lipinski definition) is 2. The van der Waals surface area contributed by atoms with Crippen molar-refractivity contribution in [1.82, 2.24) is 15.6 Å². The summed E-state index contributed by atoms with van der Waals surface area (Å²) < 4.78 is 5.16. The van der Waals surface area contributed by atoms with Gasteiger partial charge in [-0.05, 0) is 29.8 Å². The van der Waals surface area contributed by atoms with Crippen LogP contribution in [0.4, 0.5) is 5.82 Å². The topological polar surface area (TPSA) is 61.8 Å². The summed E-state index contributed by atoms with van der Waals surface area (Å²) in [4.78, 5) is 10.8. The number of methoxy groups -OCH3 is 1. The van der Waals surface area contributed by atoms with E-state index in [-0.39, 0.29) is 0 Å². The molecule has 0 aliphatic carbocycles. The van der Waals surface area contributed by atoms with Crippen LogP contribution in [0.2, 0.25) is 0 Å². The first-order valence-electron chi connectivity index (χ1n) is 7.83. The van der Waals surface area contributed by atoms with Gasteiger partial charge in [0.25, 0.3) is 0 Å². The maximum absolute atomic E-state index is 5.16. The van der Waals surface area contributed by atoms with Crippen molar-refractivity contribution in [1.29, 1.82) is 0 Å². The van der Waals surface area contributed by atoms with E-state index in [1.165, 1.54) is 0 Å². The van der Waals surface area contributed by atoms with Gasteiger partial charge in [0.2, 0.25) is 0 Å². The first kappa shape index (κ1) is 17.6. The van der Waals surface area contributed by atoms with E-state index >= 15 is 0 Å². The van der Waals surface area contributed by atoms with Crippen molar-refractivity contribution >= 4 is 11.8 Å². The second-order valence-electron chi connectivity index (χ2n) is 5.51. The SMILES string of the molecule is CN=C(NCc1ccc(OC)cc1)NCc1cccc(N(C)C)n1. The summed E-state index contributed by atoms with van der Waals surface area (Å²) in [6.07, 6.45) is 0. The van der Waals surface area contributed by atoms with Gasteiger partial charge >= 0.3 is 0 Å². The highest BCUT2D eigenvalue weighted by Gasteiger charge is 2.02. The Hall–Kier alpha value is -2.76. The number of ether oxygens (including phenoxy) is 1. The summed E-state index contributed by atoms with van der Waals surface area (Å²) >= 11 is 0. The lowest BCUT2D eigenvalue weighted by Gasteiger charge is -2.14. The van der Waals surface area contributed by atoms with Crippen LogP contribution in [0.25, 0.3) is 0 Å². The van der Waals surface area contributed by atoms with Gasteiger partial charge in [-0.1, -0.05) is 18.2 Å². The largest absolute Gasteiger partial charge is 0.497 e. The highest BCUT2D eigenvalue weighted by atomic mass is 16.5. The molecule has 24 heavy (non-hydrogen) atoms.